The zero-order valence-corrected chi connectivity index (χ0v) is 9.59. The van der Waals surface area contributed by atoms with Crippen LogP contribution < -0.4 is 5.32 Å². The van der Waals surface area contributed by atoms with Gasteiger partial charge in [-0.05, 0) is 12.8 Å². The van der Waals surface area contributed by atoms with Crippen molar-refractivity contribution in [3.05, 3.63) is 29.7 Å². The highest BCUT2D eigenvalue weighted by Gasteiger charge is 2.14. The molecular formula is C11H15N5O. The van der Waals surface area contributed by atoms with Crippen LogP contribution in [-0.4, -0.2) is 19.9 Å². The molecule has 90 valence electrons. The molecule has 2 aromatic heterocycles. The van der Waals surface area contributed by atoms with Crippen molar-refractivity contribution in [3.63, 3.8) is 0 Å². The van der Waals surface area contributed by atoms with Gasteiger partial charge in [0, 0.05) is 25.6 Å². The van der Waals surface area contributed by atoms with Gasteiger partial charge < -0.3 is 14.4 Å². The van der Waals surface area contributed by atoms with Gasteiger partial charge in [-0.3, -0.25) is 0 Å². The Labute approximate surface area is 99.0 Å². The maximum atomic E-state index is 4.77. The Kier molecular flexibility index (Phi) is 2.87. The molecule has 0 aromatic carbocycles. The van der Waals surface area contributed by atoms with Crippen LogP contribution in [0.3, 0.4) is 0 Å². The second-order valence-corrected chi connectivity index (χ2v) is 4.24. The van der Waals surface area contributed by atoms with E-state index in [4.69, 9.17) is 4.52 Å². The van der Waals surface area contributed by atoms with E-state index in [1.807, 2.05) is 6.07 Å². The fourth-order valence-electron chi connectivity index (χ4n) is 2.13. The molecule has 3 heterocycles. The van der Waals surface area contributed by atoms with E-state index in [0.717, 1.165) is 36.9 Å². The first-order chi connectivity index (χ1) is 8.43. The van der Waals surface area contributed by atoms with Crippen molar-refractivity contribution in [2.75, 3.05) is 0 Å². The molecular weight excluding hydrogens is 218 g/mol. The standard InChI is InChI=1S/C11H15N5O/c1-2-5-16-10(3-1)13-14-11(16)8-12-7-9-4-6-17-15-9/h4,6,12H,1-3,5,7-8H2. The molecule has 0 atom stereocenters. The Bertz CT molecular complexity index is 476. The summed E-state index contributed by atoms with van der Waals surface area (Å²) < 4.78 is 6.99. The first-order valence-corrected chi connectivity index (χ1v) is 5.94. The Morgan fingerprint density at radius 1 is 1.29 bits per heavy atom. The number of hydrogen-bond donors (Lipinski definition) is 1. The van der Waals surface area contributed by atoms with E-state index in [-0.39, 0.29) is 0 Å². The van der Waals surface area contributed by atoms with Crippen molar-refractivity contribution in [1.82, 2.24) is 25.2 Å². The van der Waals surface area contributed by atoms with Gasteiger partial charge in [0.05, 0.1) is 12.2 Å². The first-order valence-electron chi connectivity index (χ1n) is 5.94. The van der Waals surface area contributed by atoms with Gasteiger partial charge in [-0.1, -0.05) is 5.16 Å². The molecule has 0 radical (unpaired) electrons. The lowest BCUT2D eigenvalue weighted by atomic mass is 10.2. The Hall–Kier alpha value is -1.69. The molecule has 0 fully saturated rings. The molecule has 0 unspecified atom stereocenters. The third-order valence-electron chi connectivity index (χ3n) is 3.02. The van der Waals surface area contributed by atoms with E-state index in [2.05, 4.69) is 25.2 Å². The summed E-state index contributed by atoms with van der Waals surface area (Å²) in [5, 5.41) is 15.6. The average molecular weight is 233 g/mol. The Morgan fingerprint density at radius 3 is 3.18 bits per heavy atom. The highest BCUT2D eigenvalue weighted by molar-refractivity contribution is 4.99. The number of fused-ring (bicyclic) bond motifs is 1. The summed E-state index contributed by atoms with van der Waals surface area (Å²) >= 11 is 0. The molecule has 0 spiro atoms. The number of hydrogen-bond acceptors (Lipinski definition) is 5. The van der Waals surface area contributed by atoms with Crippen molar-refractivity contribution < 1.29 is 4.52 Å². The van der Waals surface area contributed by atoms with Crippen LogP contribution in [-0.2, 0) is 26.1 Å². The van der Waals surface area contributed by atoms with E-state index in [0.29, 0.717) is 6.54 Å². The van der Waals surface area contributed by atoms with Crippen molar-refractivity contribution in [2.45, 2.75) is 38.9 Å². The SMILES string of the molecule is c1cc(CNCc2nnc3n2CCCC3)no1. The highest BCUT2D eigenvalue weighted by atomic mass is 16.5. The van der Waals surface area contributed by atoms with Gasteiger partial charge in [0.2, 0.25) is 0 Å². The van der Waals surface area contributed by atoms with E-state index in [9.17, 15) is 0 Å². The molecule has 1 aliphatic rings. The van der Waals surface area contributed by atoms with Crippen LogP contribution in [0.1, 0.15) is 30.2 Å². The lowest BCUT2D eigenvalue weighted by molar-refractivity contribution is 0.407. The van der Waals surface area contributed by atoms with Gasteiger partial charge in [0.1, 0.15) is 17.9 Å². The van der Waals surface area contributed by atoms with Crippen LogP contribution in [0.2, 0.25) is 0 Å². The fraction of sp³-hybridized carbons (Fsp3) is 0.545. The van der Waals surface area contributed by atoms with Gasteiger partial charge >= 0.3 is 0 Å². The third-order valence-corrected chi connectivity index (χ3v) is 3.02. The lowest BCUT2D eigenvalue weighted by Crippen LogP contribution is -2.19. The molecule has 0 saturated heterocycles. The monoisotopic (exact) mass is 233 g/mol. The van der Waals surface area contributed by atoms with Gasteiger partial charge in [0.25, 0.3) is 0 Å². The quantitative estimate of drug-likeness (QED) is 0.849. The van der Waals surface area contributed by atoms with Crippen LogP contribution in [0.5, 0.6) is 0 Å². The minimum atomic E-state index is 0.693. The molecule has 0 amide bonds. The van der Waals surface area contributed by atoms with Crippen LogP contribution in [0, 0.1) is 0 Å². The molecule has 0 aliphatic carbocycles. The van der Waals surface area contributed by atoms with E-state index < -0.39 is 0 Å². The van der Waals surface area contributed by atoms with Crippen LogP contribution in [0.4, 0.5) is 0 Å². The molecule has 6 nitrogen and oxygen atoms in total. The van der Waals surface area contributed by atoms with Crippen LogP contribution in [0.15, 0.2) is 16.9 Å². The largest absolute Gasteiger partial charge is 0.364 e. The molecule has 1 aliphatic heterocycles. The van der Waals surface area contributed by atoms with Gasteiger partial charge in [0.15, 0.2) is 0 Å². The van der Waals surface area contributed by atoms with Gasteiger partial charge in [-0.25, -0.2) is 0 Å². The molecule has 0 bridgehead atoms. The number of rotatable bonds is 4. The summed E-state index contributed by atoms with van der Waals surface area (Å²) in [5.41, 5.74) is 0.906. The smallest absolute Gasteiger partial charge is 0.147 e. The predicted molar refractivity (Wildman–Crippen MR) is 60.0 cm³/mol. The van der Waals surface area contributed by atoms with Crippen molar-refractivity contribution in [1.29, 1.82) is 0 Å². The summed E-state index contributed by atoms with van der Waals surface area (Å²) in [5.74, 6) is 2.14. The minimum absolute atomic E-state index is 0.693. The Balaban J connectivity index is 1.60. The van der Waals surface area contributed by atoms with Gasteiger partial charge in [-0.2, -0.15) is 0 Å². The van der Waals surface area contributed by atoms with Crippen molar-refractivity contribution in [3.8, 4) is 0 Å². The predicted octanol–water partition coefficient (Wildman–Crippen LogP) is 0.892. The lowest BCUT2D eigenvalue weighted by Gasteiger charge is -2.14. The van der Waals surface area contributed by atoms with Crippen LogP contribution >= 0.6 is 0 Å². The minimum Gasteiger partial charge on any atom is -0.364 e. The summed E-state index contributed by atoms with van der Waals surface area (Å²) in [6, 6.07) is 1.85. The average Bonchev–Trinajstić information content (AvgIpc) is 2.99. The van der Waals surface area contributed by atoms with E-state index >= 15 is 0 Å². The summed E-state index contributed by atoms with van der Waals surface area (Å²) in [4.78, 5) is 0. The second kappa shape index (κ2) is 4.67. The summed E-state index contributed by atoms with van der Waals surface area (Å²) in [6.07, 6.45) is 5.08. The summed E-state index contributed by atoms with van der Waals surface area (Å²) in [7, 11) is 0. The van der Waals surface area contributed by atoms with Gasteiger partial charge in [-0.15, -0.1) is 10.2 Å². The van der Waals surface area contributed by atoms with Crippen molar-refractivity contribution >= 4 is 0 Å². The normalized spacial score (nSPS) is 14.8. The second-order valence-electron chi connectivity index (χ2n) is 4.24. The van der Waals surface area contributed by atoms with E-state index in [1.165, 1.54) is 12.8 Å². The first kappa shape index (κ1) is 10.5. The van der Waals surface area contributed by atoms with E-state index in [1.54, 1.807) is 6.26 Å². The number of aromatic nitrogens is 4. The third kappa shape index (κ3) is 2.21. The fourth-order valence-corrected chi connectivity index (χ4v) is 2.13. The van der Waals surface area contributed by atoms with Crippen LogP contribution in [0.25, 0.3) is 0 Å². The number of nitrogens with zero attached hydrogens (tertiary/aromatic N) is 4. The maximum Gasteiger partial charge on any atom is 0.147 e. The molecule has 6 heteroatoms. The Morgan fingerprint density at radius 2 is 2.29 bits per heavy atom. The topological polar surface area (TPSA) is 68.8 Å². The molecule has 1 N–H and O–H groups in total. The molecule has 17 heavy (non-hydrogen) atoms. The highest BCUT2D eigenvalue weighted by Crippen LogP contribution is 2.13. The molecule has 0 saturated carbocycles. The zero-order chi connectivity index (χ0) is 11.5. The number of aryl methyl sites for hydroxylation is 1. The molecule has 3 rings (SSSR count). The van der Waals surface area contributed by atoms with Crippen molar-refractivity contribution in [2.24, 2.45) is 0 Å². The molecule has 2 aromatic rings. The number of nitrogens with one attached hydrogen (secondary N) is 1. The maximum absolute atomic E-state index is 4.77. The zero-order valence-electron chi connectivity index (χ0n) is 9.59. The summed E-state index contributed by atoms with van der Waals surface area (Å²) in [6.45, 7) is 2.46.